The first-order valence-electron chi connectivity index (χ1n) is 8.91. The fraction of sp³-hybridized carbons (Fsp3) is 0.368. The van der Waals surface area contributed by atoms with Gasteiger partial charge in [-0.2, -0.15) is 5.26 Å². The van der Waals surface area contributed by atoms with Gasteiger partial charge in [-0.3, -0.25) is 15.2 Å². The fourth-order valence-corrected chi connectivity index (χ4v) is 3.82. The molecule has 4 rings (SSSR count). The average molecular weight is 364 g/mol. The number of imidazole rings is 1. The van der Waals surface area contributed by atoms with E-state index in [0.29, 0.717) is 23.5 Å². The summed E-state index contributed by atoms with van der Waals surface area (Å²) in [5.41, 5.74) is 5.13. The summed E-state index contributed by atoms with van der Waals surface area (Å²) in [6.45, 7) is 2.70. The van der Waals surface area contributed by atoms with Crippen LogP contribution in [0.25, 0.3) is 21.9 Å². The minimum atomic E-state index is -0.304. The minimum Gasteiger partial charge on any atom is -0.378 e. The van der Waals surface area contributed by atoms with E-state index in [-0.39, 0.29) is 24.5 Å². The molecule has 3 heterocycles. The van der Waals surface area contributed by atoms with Crippen molar-refractivity contribution in [2.75, 3.05) is 6.61 Å². The third-order valence-electron chi connectivity index (χ3n) is 5.02. The summed E-state index contributed by atoms with van der Waals surface area (Å²) in [6, 6.07) is 7.75. The second kappa shape index (κ2) is 6.95. The molecule has 1 aromatic carbocycles. The molecule has 3 N–H and O–H groups in total. The molecule has 0 saturated carbocycles. The van der Waals surface area contributed by atoms with Gasteiger partial charge < -0.3 is 9.30 Å². The zero-order valence-electron chi connectivity index (χ0n) is 15.0. The number of hydrazine groups is 1. The molecule has 2 atom stereocenters. The Morgan fingerprint density at radius 1 is 1.48 bits per heavy atom. The van der Waals surface area contributed by atoms with Crippen LogP contribution in [-0.2, 0) is 16.0 Å². The number of nitrogens with one attached hydrogen (secondary N) is 1. The van der Waals surface area contributed by atoms with E-state index in [0.717, 1.165) is 29.3 Å². The van der Waals surface area contributed by atoms with E-state index in [1.165, 1.54) is 0 Å². The van der Waals surface area contributed by atoms with Crippen LogP contribution in [0.4, 0.5) is 0 Å². The first-order chi connectivity index (χ1) is 13.1. The Bertz CT molecular complexity index is 1070. The number of carbonyl (C=O) groups is 1. The van der Waals surface area contributed by atoms with Crippen molar-refractivity contribution in [3.63, 3.8) is 0 Å². The second-order valence-electron chi connectivity index (χ2n) is 6.84. The largest absolute Gasteiger partial charge is 0.378 e. The van der Waals surface area contributed by atoms with E-state index in [1.807, 2.05) is 19.1 Å². The molecule has 3 aromatic rings. The molecule has 0 bridgehead atoms. The number of hydrogen-bond acceptors (Lipinski definition) is 6. The molecule has 1 aliphatic rings. The molecule has 8 nitrogen and oxygen atoms in total. The fourth-order valence-electron chi connectivity index (χ4n) is 3.82. The Morgan fingerprint density at radius 2 is 2.33 bits per heavy atom. The van der Waals surface area contributed by atoms with E-state index in [4.69, 9.17) is 10.6 Å². The molecule has 0 unspecified atom stereocenters. The Labute approximate surface area is 155 Å². The number of nitrogens with two attached hydrogens (primary N) is 1. The number of hydrogen-bond donors (Lipinski definition) is 2. The van der Waals surface area contributed by atoms with Crippen molar-refractivity contribution in [3.8, 4) is 6.07 Å². The summed E-state index contributed by atoms with van der Waals surface area (Å²) in [5, 5.41) is 10.2. The maximum atomic E-state index is 11.9. The van der Waals surface area contributed by atoms with Crippen LogP contribution in [0.3, 0.4) is 0 Å². The van der Waals surface area contributed by atoms with Crippen molar-refractivity contribution in [2.24, 2.45) is 5.84 Å². The van der Waals surface area contributed by atoms with Gasteiger partial charge in [0, 0.05) is 18.0 Å². The summed E-state index contributed by atoms with van der Waals surface area (Å²) < 4.78 is 7.82. The number of pyridine rings is 1. The lowest BCUT2D eigenvalue weighted by molar-refractivity contribution is -0.120. The molecular weight excluding hydrogens is 344 g/mol. The smallest absolute Gasteiger partial charge is 0.241 e. The summed E-state index contributed by atoms with van der Waals surface area (Å²) >= 11 is 0. The number of carbonyl (C=O) groups excluding carboxylic acids is 1. The Balaban J connectivity index is 1.99. The van der Waals surface area contributed by atoms with Crippen LogP contribution >= 0.6 is 0 Å². The highest BCUT2D eigenvalue weighted by molar-refractivity contribution is 6.03. The number of amides is 1. The summed E-state index contributed by atoms with van der Waals surface area (Å²) in [4.78, 5) is 21.1. The van der Waals surface area contributed by atoms with Crippen molar-refractivity contribution < 1.29 is 9.53 Å². The monoisotopic (exact) mass is 364 g/mol. The van der Waals surface area contributed by atoms with E-state index >= 15 is 0 Å². The highest BCUT2D eigenvalue weighted by Crippen LogP contribution is 2.33. The minimum absolute atomic E-state index is 0.0797. The topological polar surface area (TPSA) is 119 Å². The lowest BCUT2D eigenvalue weighted by Gasteiger charge is -2.30. The molecule has 27 heavy (non-hydrogen) atoms. The summed E-state index contributed by atoms with van der Waals surface area (Å²) in [5.74, 6) is 5.63. The standard InChI is InChI=1S/C19H20N6O2/c1-11-6-13(4-5-27-11)25-17(8-18(26)24-21)23-16-10-22-15-3-2-12(9-20)7-14(15)19(16)25/h2-3,7,10-11,13H,4-6,8,21H2,1H3,(H,24,26)/t11-,13-/m1/s1. The van der Waals surface area contributed by atoms with Crippen LogP contribution in [0.1, 0.15) is 37.2 Å². The maximum absolute atomic E-state index is 11.9. The summed E-state index contributed by atoms with van der Waals surface area (Å²) in [6.07, 6.45) is 3.57. The predicted molar refractivity (Wildman–Crippen MR) is 99.5 cm³/mol. The highest BCUT2D eigenvalue weighted by atomic mass is 16.5. The molecular formula is C19H20N6O2. The number of nitriles is 1. The first kappa shape index (κ1) is 17.4. The van der Waals surface area contributed by atoms with Gasteiger partial charge in [-0.05, 0) is 38.0 Å². The lowest BCUT2D eigenvalue weighted by Crippen LogP contribution is -2.33. The van der Waals surface area contributed by atoms with Crippen molar-refractivity contribution in [3.05, 3.63) is 35.8 Å². The van der Waals surface area contributed by atoms with Crippen LogP contribution < -0.4 is 11.3 Å². The predicted octanol–water partition coefficient (Wildman–Crippen LogP) is 1.73. The Kier molecular flexibility index (Phi) is 4.48. The van der Waals surface area contributed by atoms with Crippen molar-refractivity contribution >= 4 is 27.8 Å². The van der Waals surface area contributed by atoms with Gasteiger partial charge >= 0.3 is 0 Å². The zero-order chi connectivity index (χ0) is 19.0. The number of benzene rings is 1. The third kappa shape index (κ3) is 3.12. The molecule has 8 heteroatoms. The molecule has 1 amide bonds. The van der Waals surface area contributed by atoms with Gasteiger partial charge in [-0.25, -0.2) is 10.8 Å². The Hall–Kier alpha value is -3.02. The molecule has 1 fully saturated rings. The van der Waals surface area contributed by atoms with E-state index in [2.05, 4.69) is 26.0 Å². The lowest BCUT2D eigenvalue weighted by atomic mass is 10.0. The maximum Gasteiger partial charge on any atom is 0.241 e. The molecule has 0 spiro atoms. The number of aromatic nitrogens is 3. The molecule has 1 aliphatic heterocycles. The van der Waals surface area contributed by atoms with Crippen LogP contribution in [0.2, 0.25) is 0 Å². The number of ether oxygens (including phenoxy) is 1. The van der Waals surface area contributed by atoms with Crippen LogP contribution in [-0.4, -0.2) is 33.2 Å². The number of nitrogens with zero attached hydrogens (tertiary/aromatic N) is 4. The SMILES string of the molecule is C[C@@H]1C[C@H](n2c(CC(=O)NN)nc3cnc4ccc(C#N)cc4c32)CCO1. The van der Waals surface area contributed by atoms with Crippen molar-refractivity contribution in [2.45, 2.75) is 38.3 Å². The molecule has 0 radical (unpaired) electrons. The van der Waals surface area contributed by atoms with E-state index in [1.54, 1.807) is 12.3 Å². The third-order valence-corrected chi connectivity index (χ3v) is 5.02. The summed E-state index contributed by atoms with van der Waals surface area (Å²) in [7, 11) is 0. The number of rotatable bonds is 3. The van der Waals surface area contributed by atoms with Gasteiger partial charge in [0.1, 0.15) is 11.3 Å². The molecule has 138 valence electrons. The normalized spacial score (nSPS) is 19.9. The van der Waals surface area contributed by atoms with Crippen LogP contribution in [0.15, 0.2) is 24.4 Å². The van der Waals surface area contributed by atoms with Gasteiger partial charge in [-0.1, -0.05) is 0 Å². The van der Waals surface area contributed by atoms with Crippen LogP contribution in [0.5, 0.6) is 0 Å². The quantitative estimate of drug-likeness (QED) is 0.415. The van der Waals surface area contributed by atoms with Gasteiger partial charge in [0.2, 0.25) is 5.91 Å². The average Bonchev–Trinajstić information content (AvgIpc) is 3.05. The van der Waals surface area contributed by atoms with Gasteiger partial charge in [-0.15, -0.1) is 0 Å². The highest BCUT2D eigenvalue weighted by Gasteiger charge is 2.27. The van der Waals surface area contributed by atoms with Gasteiger partial charge in [0.15, 0.2) is 0 Å². The molecule has 2 aromatic heterocycles. The molecule has 1 saturated heterocycles. The van der Waals surface area contributed by atoms with Crippen molar-refractivity contribution in [1.82, 2.24) is 20.0 Å². The molecule has 0 aliphatic carbocycles. The van der Waals surface area contributed by atoms with Crippen LogP contribution in [0, 0.1) is 11.3 Å². The second-order valence-corrected chi connectivity index (χ2v) is 6.84. The number of fused-ring (bicyclic) bond motifs is 3. The zero-order valence-corrected chi connectivity index (χ0v) is 15.0. The van der Waals surface area contributed by atoms with Gasteiger partial charge in [0.05, 0.1) is 41.4 Å². The van der Waals surface area contributed by atoms with Crippen molar-refractivity contribution in [1.29, 1.82) is 5.26 Å². The van der Waals surface area contributed by atoms with E-state index < -0.39 is 0 Å². The van der Waals surface area contributed by atoms with E-state index in [9.17, 15) is 10.1 Å². The van der Waals surface area contributed by atoms with Gasteiger partial charge in [0.25, 0.3) is 0 Å². The first-order valence-corrected chi connectivity index (χ1v) is 8.91. The Morgan fingerprint density at radius 3 is 3.07 bits per heavy atom.